The van der Waals surface area contributed by atoms with Gasteiger partial charge in [0, 0.05) is 24.4 Å². The topological polar surface area (TPSA) is 122 Å². The number of ether oxygens (including phenoxy) is 2. The molecule has 1 saturated heterocycles. The number of benzene rings is 1. The molecular formula is C28H25N3O6S3. The van der Waals surface area contributed by atoms with E-state index in [9.17, 15) is 24.8 Å². The molecule has 0 saturated carbocycles. The molecule has 0 unspecified atom stereocenters. The highest BCUT2D eigenvalue weighted by Crippen LogP contribution is 2.34. The van der Waals surface area contributed by atoms with E-state index in [1.54, 1.807) is 24.3 Å². The van der Waals surface area contributed by atoms with Gasteiger partial charge in [0.1, 0.15) is 16.0 Å². The van der Waals surface area contributed by atoms with Crippen LogP contribution in [-0.2, 0) is 17.8 Å². The first-order chi connectivity index (χ1) is 19.2. The standard InChI is InChI=1S/C28H25N3O6S3/c1-16-19(15-29)25(33)30(10-8-17-6-7-21(36-2)22(13-17)37-3)27(35)24(16)20(32)9-11-31-26(34)23(40-28(31)38)14-18-5-4-12-39-18/h4-7,12-14,35H,8-11H2,1-3H3/b23-14-. The number of nitriles is 1. The lowest BCUT2D eigenvalue weighted by atomic mass is 9.99. The SMILES string of the molecule is COc1ccc(CCn2c(O)c(C(=O)CCN3C(=O)/C(=C/c4cccs4)SC3=S)c(C)c(C#N)c2=O)cc1OC. The summed E-state index contributed by atoms with van der Waals surface area (Å²) in [6.07, 6.45) is 1.91. The van der Waals surface area contributed by atoms with Gasteiger partial charge in [0.2, 0.25) is 5.88 Å². The predicted octanol–water partition coefficient (Wildman–Crippen LogP) is 4.53. The third-order valence-corrected chi connectivity index (χ3v) is 8.60. The molecule has 3 heterocycles. The first kappa shape index (κ1) is 29.1. The van der Waals surface area contributed by atoms with Crippen molar-refractivity contribution in [1.29, 1.82) is 5.26 Å². The minimum Gasteiger partial charge on any atom is -0.494 e. The van der Waals surface area contributed by atoms with E-state index in [0.717, 1.165) is 26.8 Å². The Hall–Kier alpha value is -3.92. The van der Waals surface area contributed by atoms with Crippen LogP contribution in [0, 0.1) is 18.3 Å². The fourth-order valence-corrected chi connectivity index (χ4v) is 6.33. The quantitative estimate of drug-likeness (QED) is 0.205. The fraction of sp³-hybridized carbons (Fsp3) is 0.250. The molecule has 0 radical (unpaired) electrons. The van der Waals surface area contributed by atoms with E-state index in [4.69, 9.17) is 21.7 Å². The van der Waals surface area contributed by atoms with Crippen LogP contribution in [0.4, 0.5) is 0 Å². The van der Waals surface area contributed by atoms with E-state index in [1.165, 1.54) is 37.4 Å². The van der Waals surface area contributed by atoms with Gasteiger partial charge in [-0.15, -0.1) is 11.3 Å². The van der Waals surface area contributed by atoms with Crippen molar-refractivity contribution >= 4 is 57.4 Å². The maximum atomic E-state index is 13.3. The average molecular weight is 596 g/mol. The molecule has 0 atom stereocenters. The third kappa shape index (κ3) is 5.82. The maximum Gasteiger partial charge on any atom is 0.271 e. The van der Waals surface area contributed by atoms with Crippen molar-refractivity contribution in [3.63, 3.8) is 0 Å². The van der Waals surface area contributed by atoms with E-state index >= 15 is 0 Å². The predicted molar refractivity (Wildman–Crippen MR) is 158 cm³/mol. The molecule has 12 heteroatoms. The lowest BCUT2D eigenvalue weighted by Gasteiger charge is -2.17. The Bertz CT molecular complexity index is 1620. The second-order valence-electron chi connectivity index (χ2n) is 8.73. The first-order valence-corrected chi connectivity index (χ1v) is 14.2. The number of ketones is 1. The first-order valence-electron chi connectivity index (χ1n) is 12.1. The van der Waals surface area contributed by atoms with E-state index in [2.05, 4.69) is 0 Å². The Labute approximate surface area is 244 Å². The molecule has 0 spiro atoms. The van der Waals surface area contributed by atoms with Gasteiger partial charge < -0.3 is 14.6 Å². The van der Waals surface area contributed by atoms with Crippen molar-refractivity contribution in [2.24, 2.45) is 0 Å². The summed E-state index contributed by atoms with van der Waals surface area (Å²) in [6.45, 7) is 1.46. The lowest BCUT2D eigenvalue weighted by Crippen LogP contribution is -2.31. The number of aromatic nitrogens is 1. The molecule has 1 fully saturated rings. The van der Waals surface area contributed by atoms with Crippen molar-refractivity contribution in [1.82, 2.24) is 9.47 Å². The molecule has 1 N–H and O–H groups in total. The number of thiocarbonyl (C=S) groups is 1. The fourth-order valence-electron chi connectivity index (χ4n) is 4.30. The van der Waals surface area contributed by atoms with Gasteiger partial charge in [-0.3, -0.25) is 23.9 Å². The van der Waals surface area contributed by atoms with Crippen LogP contribution in [0.25, 0.3) is 6.08 Å². The van der Waals surface area contributed by atoms with Gasteiger partial charge in [-0.25, -0.2) is 0 Å². The Morgan fingerprint density at radius 2 is 1.93 bits per heavy atom. The van der Waals surface area contributed by atoms with E-state index in [-0.39, 0.29) is 42.1 Å². The van der Waals surface area contributed by atoms with Crippen molar-refractivity contribution in [2.45, 2.75) is 26.3 Å². The number of hydrogen-bond acceptors (Lipinski definition) is 10. The van der Waals surface area contributed by atoms with Crippen molar-refractivity contribution in [3.8, 4) is 23.4 Å². The third-order valence-electron chi connectivity index (χ3n) is 6.40. The summed E-state index contributed by atoms with van der Waals surface area (Å²) in [4.78, 5) is 42.0. The molecule has 1 aliphatic rings. The summed E-state index contributed by atoms with van der Waals surface area (Å²) in [5.41, 5.74) is -0.146. The molecule has 40 heavy (non-hydrogen) atoms. The maximum absolute atomic E-state index is 13.3. The lowest BCUT2D eigenvalue weighted by molar-refractivity contribution is -0.122. The smallest absolute Gasteiger partial charge is 0.271 e. The Kier molecular flexibility index (Phi) is 9.09. The van der Waals surface area contributed by atoms with Crippen molar-refractivity contribution in [3.05, 3.63) is 78.1 Å². The molecule has 1 aliphatic heterocycles. The number of nitrogens with zero attached hydrogens (tertiary/aromatic N) is 3. The monoisotopic (exact) mass is 595 g/mol. The summed E-state index contributed by atoms with van der Waals surface area (Å²) in [5, 5.41) is 22.6. The highest BCUT2D eigenvalue weighted by molar-refractivity contribution is 8.26. The van der Waals surface area contributed by atoms with Gasteiger partial charge in [-0.05, 0) is 54.1 Å². The molecule has 2 aromatic heterocycles. The number of carbonyl (C=O) groups is 2. The summed E-state index contributed by atoms with van der Waals surface area (Å²) < 4.78 is 11.9. The molecule has 9 nitrogen and oxygen atoms in total. The van der Waals surface area contributed by atoms with Crippen LogP contribution in [0.2, 0.25) is 0 Å². The molecule has 3 aromatic rings. The highest BCUT2D eigenvalue weighted by atomic mass is 32.2. The molecule has 206 valence electrons. The van der Waals surface area contributed by atoms with Gasteiger partial charge in [0.25, 0.3) is 11.5 Å². The number of aromatic hydroxyl groups is 1. The zero-order chi connectivity index (χ0) is 29.0. The van der Waals surface area contributed by atoms with Crippen LogP contribution in [0.1, 0.15) is 38.3 Å². The number of carbonyl (C=O) groups excluding carboxylic acids is 2. The molecule has 0 aliphatic carbocycles. The van der Waals surface area contributed by atoms with E-state index < -0.39 is 17.2 Å². The highest BCUT2D eigenvalue weighted by Gasteiger charge is 2.33. The normalized spacial score (nSPS) is 14.1. The second kappa shape index (κ2) is 12.5. The minimum atomic E-state index is -0.690. The Morgan fingerprint density at radius 1 is 1.18 bits per heavy atom. The number of rotatable bonds is 10. The van der Waals surface area contributed by atoms with Crippen molar-refractivity contribution in [2.75, 3.05) is 20.8 Å². The molecule has 1 amide bonds. The summed E-state index contributed by atoms with van der Waals surface area (Å²) >= 11 is 8.02. The summed E-state index contributed by atoms with van der Waals surface area (Å²) in [7, 11) is 3.03. The van der Waals surface area contributed by atoms with Crippen LogP contribution in [-0.4, -0.2) is 51.3 Å². The number of methoxy groups -OCH3 is 2. The van der Waals surface area contributed by atoms with E-state index in [1.807, 2.05) is 23.6 Å². The number of thioether (sulfide) groups is 1. The Morgan fingerprint density at radius 3 is 2.58 bits per heavy atom. The molecule has 0 bridgehead atoms. The van der Waals surface area contributed by atoms with Crippen LogP contribution in [0.15, 0.2) is 45.4 Å². The number of pyridine rings is 1. The minimum absolute atomic E-state index is 0.00316. The number of amides is 1. The zero-order valence-corrected chi connectivity index (χ0v) is 24.4. The second-order valence-corrected chi connectivity index (χ2v) is 11.4. The van der Waals surface area contributed by atoms with Crippen LogP contribution in [0.3, 0.4) is 0 Å². The van der Waals surface area contributed by atoms with Crippen LogP contribution >= 0.6 is 35.3 Å². The van der Waals surface area contributed by atoms with Gasteiger partial charge in [-0.1, -0.05) is 36.1 Å². The largest absolute Gasteiger partial charge is 0.494 e. The number of hydrogen-bond donors (Lipinski definition) is 1. The van der Waals surface area contributed by atoms with Crippen molar-refractivity contribution < 1.29 is 24.2 Å². The van der Waals surface area contributed by atoms with Crippen LogP contribution in [0.5, 0.6) is 17.4 Å². The van der Waals surface area contributed by atoms with Gasteiger partial charge in [0.15, 0.2) is 17.3 Å². The van der Waals surface area contributed by atoms with Gasteiger partial charge in [0.05, 0.1) is 24.7 Å². The number of aryl methyl sites for hydroxylation is 1. The molecule has 1 aromatic carbocycles. The number of thiophene rings is 1. The van der Waals surface area contributed by atoms with Gasteiger partial charge >= 0.3 is 0 Å². The zero-order valence-electron chi connectivity index (χ0n) is 21.9. The summed E-state index contributed by atoms with van der Waals surface area (Å²) in [5.74, 6) is -0.271. The molecule has 4 rings (SSSR count). The molecular weight excluding hydrogens is 571 g/mol. The average Bonchev–Trinajstić information content (AvgIpc) is 3.54. The van der Waals surface area contributed by atoms with Gasteiger partial charge in [-0.2, -0.15) is 5.26 Å². The van der Waals surface area contributed by atoms with E-state index in [0.29, 0.717) is 27.1 Å². The number of Topliss-reactive ketones (excluding diaryl/α,β-unsaturated/α-hetero) is 1. The Balaban J connectivity index is 1.56. The summed E-state index contributed by atoms with van der Waals surface area (Å²) in [6, 6.07) is 10.9. The van der Waals surface area contributed by atoms with Crippen LogP contribution < -0.4 is 15.0 Å².